The van der Waals surface area contributed by atoms with E-state index in [2.05, 4.69) is 9.88 Å². The van der Waals surface area contributed by atoms with E-state index >= 15 is 0 Å². The first-order chi connectivity index (χ1) is 15.0. The maximum atomic E-state index is 13.6. The van der Waals surface area contributed by atoms with Gasteiger partial charge in [-0.3, -0.25) is 4.98 Å². The van der Waals surface area contributed by atoms with E-state index in [1.807, 2.05) is 0 Å². The standard InChI is InChI=1S/C22H21F2N3O4/c1-13(31-15-3-4-17(23)18(24)11-15)16-9-14(22(28)29-2)10-19-21(16)26-20(12-25-19)27-5-7-30-8-6-27/h3-4,9-13H,5-8H2,1-2H3. The maximum Gasteiger partial charge on any atom is 0.337 e. The highest BCUT2D eigenvalue weighted by Crippen LogP contribution is 2.30. The van der Waals surface area contributed by atoms with Crippen LogP contribution in [0.15, 0.2) is 36.5 Å². The van der Waals surface area contributed by atoms with Crippen molar-refractivity contribution in [1.29, 1.82) is 0 Å². The summed E-state index contributed by atoms with van der Waals surface area (Å²) in [5.41, 5.74) is 1.91. The van der Waals surface area contributed by atoms with Gasteiger partial charge in [0, 0.05) is 24.7 Å². The summed E-state index contributed by atoms with van der Waals surface area (Å²) in [6, 6.07) is 6.54. The number of rotatable bonds is 5. The fraction of sp³-hybridized carbons (Fsp3) is 0.318. The molecule has 0 spiro atoms. The molecule has 1 saturated heterocycles. The second-order valence-electron chi connectivity index (χ2n) is 7.09. The van der Waals surface area contributed by atoms with Crippen molar-refractivity contribution in [3.05, 3.63) is 59.3 Å². The summed E-state index contributed by atoms with van der Waals surface area (Å²) in [5.74, 6) is -1.66. The van der Waals surface area contributed by atoms with E-state index in [0.717, 1.165) is 12.1 Å². The average molecular weight is 429 g/mol. The molecule has 31 heavy (non-hydrogen) atoms. The third-order valence-electron chi connectivity index (χ3n) is 5.06. The molecule has 0 N–H and O–H groups in total. The van der Waals surface area contributed by atoms with E-state index in [1.165, 1.54) is 13.2 Å². The number of hydrogen-bond acceptors (Lipinski definition) is 7. The second kappa shape index (κ2) is 8.81. The van der Waals surface area contributed by atoms with Crippen molar-refractivity contribution >= 4 is 22.8 Å². The largest absolute Gasteiger partial charge is 0.486 e. The molecular formula is C22H21F2N3O4. The van der Waals surface area contributed by atoms with E-state index in [9.17, 15) is 13.6 Å². The molecule has 1 fully saturated rings. The summed E-state index contributed by atoms with van der Waals surface area (Å²) in [7, 11) is 1.29. The SMILES string of the molecule is COC(=O)c1cc(C(C)Oc2ccc(F)c(F)c2)c2nc(N3CCOCC3)cnc2c1. The van der Waals surface area contributed by atoms with Crippen molar-refractivity contribution in [3.63, 3.8) is 0 Å². The zero-order valence-corrected chi connectivity index (χ0v) is 17.1. The van der Waals surface area contributed by atoms with Crippen LogP contribution in [0.4, 0.5) is 14.6 Å². The Morgan fingerprint density at radius 1 is 1.16 bits per heavy atom. The van der Waals surface area contributed by atoms with E-state index in [0.29, 0.717) is 54.3 Å². The van der Waals surface area contributed by atoms with Crippen molar-refractivity contribution in [1.82, 2.24) is 9.97 Å². The van der Waals surface area contributed by atoms with Gasteiger partial charge >= 0.3 is 5.97 Å². The number of carbonyl (C=O) groups excluding carboxylic acids is 1. The van der Waals surface area contributed by atoms with Crippen molar-refractivity contribution in [2.45, 2.75) is 13.0 Å². The number of halogens is 2. The Hall–Kier alpha value is -3.33. The molecule has 1 aromatic heterocycles. The van der Waals surface area contributed by atoms with E-state index in [1.54, 1.807) is 25.3 Å². The minimum Gasteiger partial charge on any atom is -0.486 e. The quantitative estimate of drug-likeness (QED) is 0.573. The number of esters is 1. The molecule has 0 saturated carbocycles. The summed E-state index contributed by atoms with van der Waals surface area (Å²) >= 11 is 0. The number of anilines is 1. The molecule has 0 amide bonds. The Bertz CT molecular complexity index is 1120. The normalized spacial score (nSPS) is 15.0. The van der Waals surface area contributed by atoms with Crippen molar-refractivity contribution < 1.29 is 27.8 Å². The highest BCUT2D eigenvalue weighted by atomic mass is 19.2. The van der Waals surface area contributed by atoms with Crippen LogP contribution in [0.2, 0.25) is 0 Å². The molecule has 9 heteroatoms. The molecule has 7 nitrogen and oxygen atoms in total. The predicted molar refractivity (Wildman–Crippen MR) is 109 cm³/mol. The number of morpholine rings is 1. The topological polar surface area (TPSA) is 73.8 Å². The molecule has 162 valence electrons. The molecule has 1 aliphatic heterocycles. The lowest BCUT2D eigenvalue weighted by Gasteiger charge is -2.28. The third-order valence-corrected chi connectivity index (χ3v) is 5.06. The summed E-state index contributed by atoms with van der Waals surface area (Å²) in [5, 5.41) is 0. The van der Waals surface area contributed by atoms with Crippen LogP contribution in [0, 0.1) is 11.6 Å². The van der Waals surface area contributed by atoms with Crippen LogP contribution in [-0.2, 0) is 9.47 Å². The molecule has 0 aliphatic carbocycles. The van der Waals surface area contributed by atoms with Gasteiger partial charge in [-0.1, -0.05) is 0 Å². The number of nitrogens with zero attached hydrogens (tertiary/aromatic N) is 3. The molecule has 1 unspecified atom stereocenters. The molecule has 0 radical (unpaired) electrons. The lowest BCUT2D eigenvalue weighted by molar-refractivity contribution is 0.0600. The number of benzene rings is 2. The van der Waals surface area contributed by atoms with E-state index in [4.69, 9.17) is 19.2 Å². The lowest BCUT2D eigenvalue weighted by Crippen LogP contribution is -2.36. The van der Waals surface area contributed by atoms with Crippen molar-refractivity contribution in [2.24, 2.45) is 0 Å². The summed E-state index contributed by atoms with van der Waals surface area (Å²) < 4.78 is 42.9. The van der Waals surface area contributed by atoms with Crippen LogP contribution in [0.3, 0.4) is 0 Å². The van der Waals surface area contributed by atoms with Gasteiger partial charge in [-0.05, 0) is 31.2 Å². The number of ether oxygens (including phenoxy) is 3. The summed E-state index contributed by atoms with van der Waals surface area (Å²) in [6.07, 6.45) is 1.02. The Morgan fingerprint density at radius 2 is 1.94 bits per heavy atom. The highest BCUT2D eigenvalue weighted by molar-refractivity contribution is 5.95. The molecular weight excluding hydrogens is 408 g/mol. The average Bonchev–Trinajstić information content (AvgIpc) is 2.80. The molecule has 1 aliphatic rings. The zero-order chi connectivity index (χ0) is 22.0. The second-order valence-corrected chi connectivity index (χ2v) is 7.09. The number of hydrogen-bond donors (Lipinski definition) is 0. The Morgan fingerprint density at radius 3 is 2.65 bits per heavy atom. The van der Waals surface area contributed by atoms with Gasteiger partial charge in [0.05, 0.1) is 43.1 Å². The van der Waals surface area contributed by atoms with Crippen molar-refractivity contribution in [2.75, 3.05) is 38.3 Å². The smallest absolute Gasteiger partial charge is 0.337 e. The van der Waals surface area contributed by atoms with Crippen LogP contribution in [0.25, 0.3) is 11.0 Å². The van der Waals surface area contributed by atoms with Crippen LogP contribution in [-0.4, -0.2) is 49.4 Å². The molecule has 0 bridgehead atoms. The van der Waals surface area contributed by atoms with Crippen LogP contribution >= 0.6 is 0 Å². The molecule has 4 rings (SSSR count). The van der Waals surface area contributed by atoms with Gasteiger partial charge in [-0.15, -0.1) is 0 Å². The maximum absolute atomic E-state index is 13.6. The summed E-state index contributed by atoms with van der Waals surface area (Å²) in [6.45, 7) is 4.32. The molecule has 1 atom stereocenters. The number of methoxy groups -OCH3 is 1. The first-order valence-corrected chi connectivity index (χ1v) is 9.79. The minimum atomic E-state index is -1.01. The monoisotopic (exact) mass is 429 g/mol. The van der Waals surface area contributed by atoms with Gasteiger partial charge in [-0.2, -0.15) is 0 Å². The minimum absolute atomic E-state index is 0.153. The van der Waals surface area contributed by atoms with Gasteiger partial charge in [0.25, 0.3) is 0 Å². The van der Waals surface area contributed by atoms with Gasteiger partial charge in [0.1, 0.15) is 17.7 Å². The third kappa shape index (κ3) is 4.41. The van der Waals surface area contributed by atoms with E-state index in [-0.39, 0.29) is 5.75 Å². The predicted octanol–water partition coefficient (Wildman–Crippen LogP) is 3.67. The Balaban J connectivity index is 1.76. The molecule has 2 heterocycles. The van der Waals surface area contributed by atoms with Crippen LogP contribution < -0.4 is 9.64 Å². The highest BCUT2D eigenvalue weighted by Gasteiger charge is 2.21. The van der Waals surface area contributed by atoms with Gasteiger partial charge in [-0.25, -0.2) is 18.6 Å². The summed E-state index contributed by atoms with van der Waals surface area (Å²) in [4.78, 5) is 23.5. The first kappa shape index (κ1) is 20.9. The van der Waals surface area contributed by atoms with Gasteiger partial charge in [0.2, 0.25) is 0 Å². The van der Waals surface area contributed by atoms with Gasteiger partial charge in [0.15, 0.2) is 11.6 Å². The van der Waals surface area contributed by atoms with Crippen LogP contribution in [0.5, 0.6) is 5.75 Å². The van der Waals surface area contributed by atoms with Gasteiger partial charge < -0.3 is 19.1 Å². The number of fused-ring (bicyclic) bond motifs is 1. The number of aromatic nitrogens is 2. The molecule has 3 aromatic rings. The van der Waals surface area contributed by atoms with Crippen LogP contribution in [0.1, 0.15) is 28.9 Å². The van der Waals surface area contributed by atoms with E-state index < -0.39 is 23.7 Å². The number of carbonyl (C=O) groups is 1. The Labute approximate surface area is 177 Å². The van der Waals surface area contributed by atoms with Crippen molar-refractivity contribution in [3.8, 4) is 5.75 Å². The fourth-order valence-electron chi connectivity index (χ4n) is 3.44. The lowest BCUT2D eigenvalue weighted by atomic mass is 10.0. The fourth-order valence-corrected chi connectivity index (χ4v) is 3.44. The molecule has 2 aromatic carbocycles. The zero-order valence-electron chi connectivity index (χ0n) is 17.1. The Kier molecular flexibility index (Phi) is 5.94. The first-order valence-electron chi connectivity index (χ1n) is 9.79.